The number of hydrogen-bond acceptors (Lipinski definition) is 7. The Morgan fingerprint density at radius 2 is 1.62 bits per heavy atom. The van der Waals surface area contributed by atoms with E-state index in [1.54, 1.807) is 0 Å². The molecule has 0 aromatic rings. The van der Waals surface area contributed by atoms with E-state index in [4.69, 9.17) is 20.6 Å². The Hall–Kier alpha value is -0.280. The quantitative estimate of drug-likeness (QED) is 0.240. The zero-order valence-electron chi connectivity index (χ0n) is 6.65. The zero-order chi connectivity index (χ0) is 10.0. The monoisotopic (exact) mass is 196 g/mol. The van der Waals surface area contributed by atoms with Crippen molar-refractivity contribution in [1.82, 2.24) is 0 Å². The van der Waals surface area contributed by atoms with Gasteiger partial charge in [-0.2, -0.15) is 0 Å². The number of aliphatic hydroxyl groups excluding tert-OH is 4. The van der Waals surface area contributed by atoms with Crippen LogP contribution < -0.4 is 0 Å². The van der Waals surface area contributed by atoms with Gasteiger partial charge in [0.05, 0.1) is 0 Å². The van der Waals surface area contributed by atoms with Gasteiger partial charge >= 0.3 is 0 Å². The minimum Gasteiger partial charge on any atom is -0.387 e. The number of hydrogen-bond donors (Lipinski definition) is 5. The molecule has 1 saturated heterocycles. The molecule has 0 bridgehead atoms. The first-order chi connectivity index (χ1) is 6.07. The highest BCUT2D eigenvalue weighted by Gasteiger charge is 2.42. The molecule has 0 aromatic carbocycles. The lowest BCUT2D eigenvalue weighted by Crippen LogP contribution is -2.58. The van der Waals surface area contributed by atoms with Crippen LogP contribution in [0.1, 0.15) is 0 Å². The molecule has 1 heterocycles. The van der Waals surface area contributed by atoms with Gasteiger partial charge in [0.15, 0.2) is 6.29 Å². The third-order valence-electron chi connectivity index (χ3n) is 1.93. The summed E-state index contributed by atoms with van der Waals surface area (Å²) in [6.07, 6.45) is -7.17. The summed E-state index contributed by atoms with van der Waals surface area (Å²) >= 11 is 0. The molecule has 0 aromatic heterocycles. The van der Waals surface area contributed by atoms with Crippen LogP contribution in [0, 0.1) is 0 Å². The van der Waals surface area contributed by atoms with E-state index >= 15 is 0 Å². The van der Waals surface area contributed by atoms with Crippen LogP contribution in [0.25, 0.3) is 0 Å². The summed E-state index contributed by atoms with van der Waals surface area (Å²) in [5, 5.41) is 44.4. The molecule has 7 heteroatoms. The van der Waals surface area contributed by atoms with Crippen LogP contribution in [-0.2, 0) is 9.62 Å². The van der Waals surface area contributed by atoms with Gasteiger partial charge in [-0.25, -0.2) is 4.89 Å². The van der Waals surface area contributed by atoms with Gasteiger partial charge < -0.3 is 25.2 Å². The molecule has 1 rings (SSSR count). The predicted octanol–water partition coefficient (Wildman–Crippen LogP) is -2.72. The summed E-state index contributed by atoms with van der Waals surface area (Å²) in [6, 6.07) is 0. The van der Waals surface area contributed by atoms with E-state index in [2.05, 4.69) is 9.62 Å². The Kier molecular flexibility index (Phi) is 3.56. The maximum Gasteiger partial charge on any atom is 0.184 e. The Labute approximate surface area is 73.7 Å². The molecule has 0 unspecified atom stereocenters. The minimum absolute atomic E-state index is 0.401. The predicted molar refractivity (Wildman–Crippen MR) is 37.5 cm³/mol. The fourth-order valence-electron chi connectivity index (χ4n) is 1.14. The summed E-state index contributed by atoms with van der Waals surface area (Å²) in [5.41, 5.74) is 0. The van der Waals surface area contributed by atoms with Crippen LogP contribution >= 0.6 is 0 Å². The second-order valence-corrected chi connectivity index (χ2v) is 2.83. The molecule has 0 spiro atoms. The van der Waals surface area contributed by atoms with Crippen molar-refractivity contribution in [3.05, 3.63) is 0 Å². The van der Waals surface area contributed by atoms with Crippen molar-refractivity contribution in [2.45, 2.75) is 30.7 Å². The molecular formula is C6H12O7. The van der Waals surface area contributed by atoms with Crippen molar-refractivity contribution < 1.29 is 35.3 Å². The molecule has 7 nitrogen and oxygen atoms in total. The average Bonchev–Trinajstić information content (AvgIpc) is 2.11. The van der Waals surface area contributed by atoms with Crippen LogP contribution in [0.5, 0.6) is 0 Å². The number of rotatable bonds is 2. The van der Waals surface area contributed by atoms with Crippen LogP contribution in [0.3, 0.4) is 0 Å². The highest BCUT2D eigenvalue weighted by atomic mass is 17.1. The van der Waals surface area contributed by atoms with Gasteiger partial charge in [0.1, 0.15) is 31.0 Å². The largest absolute Gasteiger partial charge is 0.387 e. The van der Waals surface area contributed by atoms with Crippen molar-refractivity contribution in [1.29, 1.82) is 0 Å². The van der Waals surface area contributed by atoms with Crippen LogP contribution in [0.4, 0.5) is 0 Å². The Balaban J connectivity index is 2.59. The zero-order valence-corrected chi connectivity index (χ0v) is 6.65. The van der Waals surface area contributed by atoms with Gasteiger partial charge in [-0.1, -0.05) is 0 Å². The van der Waals surface area contributed by atoms with E-state index in [-0.39, 0.29) is 0 Å². The molecule has 0 aliphatic carbocycles. The van der Waals surface area contributed by atoms with E-state index < -0.39 is 37.3 Å². The fourth-order valence-corrected chi connectivity index (χ4v) is 1.14. The Morgan fingerprint density at radius 1 is 1.00 bits per heavy atom. The van der Waals surface area contributed by atoms with Crippen LogP contribution in [-0.4, -0.2) is 63.0 Å². The van der Waals surface area contributed by atoms with E-state index in [0.29, 0.717) is 0 Å². The second kappa shape index (κ2) is 4.29. The summed E-state index contributed by atoms with van der Waals surface area (Å²) in [4.78, 5) is 3.69. The molecule has 13 heavy (non-hydrogen) atoms. The molecule has 78 valence electrons. The maximum absolute atomic E-state index is 9.22. The lowest BCUT2D eigenvalue weighted by Gasteiger charge is -2.37. The van der Waals surface area contributed by atoms with Crippen molar-refractivity contribution in [2.75, 3.05) is 6.61 Å². The van der Waals surface area contributed by atoms with Crippen molar-refractivity contribution >= 4 is 0 Å². The highest BCUT2D eigenvalue weighted by molar-refractivity contribution is 4.88. The molecule has 0 amide bonds. The Morgan fingerprint density at radius 3 is 2.15 bits per heavy atom. The average molecular weight is 196 g/mol. The minimum atomic E-state index is -1.60. The lowest BCUT2D eigenvalue weighted by molar-refractivity contribution is -0.323. The van der Waals surface area contributed by atoms with Gasteiger partial charge in [0.25, 0.3) is 0 Å². The molecule has 5 N–H and O–H groups in total. The van der Waals surface area contributed by atoms with Crippen LogP contribution in [0.2, 0.25) is 0 Å². The van der Waals surface area contributed by atoms with Crippen LogP contribution in [0.15, 0.2) is 0 Å². The van der Waals surface area contributed by atoms with Gasteiger partial charge in [0.2, 0.25) is 0 Å². The number of aliphatic hydroxyl groups is 4. The van der Waals surface area contributed by atoms with Crippen molar-refractivity contribution in [3.63, 3.8) is 0 Å². The summed E-state index contributed by atoms with van der Waals surface area (Å²) in [7, 11) is 0. The fraction of sp³-hybridized carbons (Fsp3) is 1.00. The van der Waals surface area contributed by atoms with E-state index in [0.717, 1.165) is 0 Å². The molecule has 1 aliphatic rings. The van der Waals surface area contributed by atoms with Gasteiger partial charge in [0, 0.05) is 0 Å². The maximum atomic E-state index is 9.22. The third-order valence-corrected chi connectivity index (χ3v) is 1.93. The van der Waals surface area contributed by atoms with Gasteiger partial charge in [-0.3, -0.25) is 5.26 Å². The molecule has 1 aliphatic heterocycles. The van der Waals surface area contributed by atoms with E-state index in [1.807, 2.05) is 0 Å². The Bertz CT molecular complexity index is 163. The summed E-state index contributed by atoms with van der Waals surface area (Å²) in [6.45, 7) is -0.401. The third kappa shape index (κ3) is 2.15. The molecular weight excluding hydrogens is 184 g/mol. The smallest absolute Gasteiger partial charge is 0.184 e. The first-order valence-corrected chi connectivity index (χ1v) is 3.72. The number of ether oxygens (including phenoxy) is 1. The van der Waals surface area contributed by atoms with E-state index in [9.17, 15) is 5.11 Å². The standard InChI is InChI=1S/C6H12O7/c7-3-2(1-12-11)13-6(10)5(9)4(3)8/h2-11H,1H2/t2-,3+,4+,5-,6-/m1/s1. The van der Waals surface area contributed by atoms with E-state index in [1.165, 1.54) is 0 Å². The first-order valence-electron chi connectivity index (χ1n) is 3.72. The van der Waals surface area contributed by atoms with Gasteiger partial charge in [-0.15, -0.1) is 0 Å². The summed E-state index contributed by atoms with van der Waals surface area (Å²) < 4.78 is 4.63. The lowest BCUT2D eigenvalue weighted by atomic mass is 9.99. The topological polar surface area (TPSA) is 120 Å². The normalized spacial score (nSPS) is 46.4. The summed E-state index contributed by atoms with van der Waals surface area (Å²) in [5.74, 6) is 0. The first kappa shape index (κ1) is 10.8. The highest BCUT2D eigenvalue weighted by Crippen LogP contribution is 2.19. The molecule has 0 saturated carbocycles. The van der Waals surface area contributed by atoms with Crippen molar-refractivity contribution in [2.24, 2.45) is 0 Å². The second-order valence-electron chi connectivity index (χ2n) is 2.83. The molecule has 1 fully saturated rings. The van der Waals surface area contributed by atoms with Gasteiger partial charge in [-0.05, 0) is 0 Å². The SMILES string of the molecule is OOC[C@H]1O[C@@H](O)[C@H](O)[C@@H](O)[C@H]1O. The van der Waals surface area contributed by atoms with Crippen molar-refractivity contribution in [3.8, 4) is 0 Å². The molecule has 0 radical (unpaired) electrons. The molecule has 5 atom stereocenters.